The highest BCUT2D eigenvalue weighted by Crippen LogP contribution is 2.31. The molecule has 5 rings (SSSR count). The van der Waals surface area contributed by atoms with Gasteiger partial charge < -0.3 is 10.1 Å². The largest absolute Gasteiger partial charge is 0.490 e. The van der Waals surface area contributed by atoms with Crippen LogP contribution < -0.4 is 10.1 Å². The molecule has 4 heterocycles. The van der Waals surface area contributed by atoms with Gasteiger partial charge in [0.1, 0.15) is 17.5 Å². The molecule has 0 amide bonds. The van der Waals surface area contributed by atoms with Crippen molar-refractivity contribution in [2.24, 2.45) is 0 Å². The van der Waals surface area contributed by atoms with E-state index in [0.717, 1.165) is 49.0 Å². The molecule has 6 nitrogen and oxygen atoms in total. The molecule has 0 saturated heterocycles. The molecule has 1 N–H and O–H groups in total. The van der Waals surface area contributed by atoms with E-state index in [9.17, 15) is 0 Å². The Labute approximate surface area is 140 Å². The van der Waals surface area contributed by atoms with Crippen LogP contribution in [0.2, 0.25) is 0 Å². The van der Waals surface area contributed by atoms with Crippen LogP contribution in [0.4, 0.5) is 0 Å². The number of aromatic nitrogens is 4. The molecule has 2 aromatic heterocycles. The van der Waals surface area contributed by atoms with Crippen molar-refractivity contribution in [1.29, 1.82) is 0 Å². The van der Waals surface area contributed by atoms with Gasteiger partial charge in [-0.25, -0.2) is 4.98 Å². The van der Waals surface area contributed by atoms with Crippen LogP contribution in [0.1, 0.15) is 18.2 Å². The SMILES string of the molecule is C[C@@H]1Cc2cc(-n3ccnc3-c3cc4n(n3)CCNC4)ccc2O1. The van der Waals surface area contributed by atoms with E-state index in [2.05, 4.69) is 50.7 Å². The number of nitrogens with one attached hydrogen (secondary N) is 1. The van der Waals surface area contributed by atoms with Gasteiger partial charge in [-0.05, 0) is 36.8 Å². The second-order valence-electron chi connectivity index (χ2n) is 6.47. The molecule has 3 aromatic rings. The Bertz CT molecular complexity index is 887. The van der Waals surface area contributed by atoms with Gasteiger partial charge in [-0.2, -0.15) is 5.10 Å². The van der Waals surface area contributed by atoms with Gasteiger partial charge in [0.2, 0.25) is 0 Å². The van der Waals surface area contributed by atoms with Crippen LogP contribution in [-0.4, -0.2) is 32.0 Å². The summed E-state index contributed by atoms with van der Waals surface area (Å²) in [7, 11) is 0. The fourth-order valence-corrected chi connectivity index (χ4v) is 3.56. The Balaban J connectivity index is 1.56. The Morgan fingerprint density at radius 3 is 3.17 bits per heavy atom. The lowest BCUT2D eigenvalue weighted by atomic mass is 10.1. The van der Waals surface area contributed by atoms with Crippen molar-refractivity contribution in [1.82, 2.24) is 24.6 Å². The first-order valence-electron chi connectivity index (χ1n) is 8.39. The highest BCUT2D eigenvalue weighted by atomic mass is 16.5. The predicted octanol–water partition coefficient (Wildman–Crippen LogP) is 2.16. The zero-order valence-electron chi connectivity index (χ0n) is 13.6. The van der Waals surface area contributed by atoms with E-state index in [1.807, 2.05) is 12.4 Å². The molecule has 0 bridgehead atoms. The zero-order valence-corrected chi connectivity index (χ0v) is 13.6. The summed E-state index contributed by atoms with van der Waals surface area (Å²) in [4.78, 5) is 4.55. The molecule has 0 unspecified atom stereocenters. The van der Waals surface area contributed by atoms with Crippen molar-refractivity contribution < 1.29 is 4.74 Å². The predicted molar refractivity (Wildman–Crippen MR) is 90.3 cm³/mol. The molecular formula is C18H19N5O. The van der Waals surface area contributed by atoms with Crippen molar-refractivity contribution in [2.45, 2.75) is 32.5 Å². The second-order valence-corrected chi connectivity index (χ2v) is 6.47. The molecule has 0 aliphatic carbocycles. The van der Waals surface area contributed by atoms with Gasteiger partial charge in [-0.3, -0.25) is 9.25 Å². The van der Waals surface area contributed by atoms with E-state index in [-0.39, 0.29) is 6.10 Å². The van der Waals surface area contributed by atoms with Gasteiger partial charge in [-0.15, -0.1) is 0 Å². The van der Waals surface area contributed by atoms with Gasteiger partial charge >= 0.3 is 0 Å². The first kappa shape index (κ1) is 13.8. The first-order valence-corrected chi connectivity index (χ1v) is 8.39. The average Bonchev–Trinajstić information content (AvgIpc) is 3.29. The van der Waals surface area contributed by atoms with Crippen molar-refractivity contribution in [3.05, 3.63) is 47.9 Å². The van der Waals surface area contributed by atoms with Gasteiger partial charge in [0.05, 0.1) is 12.2 Å². The van der Waals surface area contributed by atoms with E-state index in [0.29, 0.717) is 0 Å². The normalized spacial score (nSPS) is 19.0. The Morgan fingerprint density at radius 2 is 2.25 bits per heavy atom. The number of ether oxygens (including phenoxy) is 1. The average molecular weight is 321 g/mol. The maximum absolute atomic E-state index is 5.80. The molecule has 0 radical (unpaired) electrons. The molecule has 1 atom stereocenters. The van der Waals surface area contributed by atoms with E-state index < -0.39 is 0 Å². The minimum atomic E-state index is 0.255. The number of nitrogens with zero attached hydrogens (tertiary/aromatic N) is 4. The van der Waals surface area contributed by atoms with Crippen LogP contribution in [0.3, 0.4) is 0 Å². The summed E-state index contributed by atoms with van der Waals surface area (Å²) in [5.74, 6) is 1.88. The van der Waals surface area contributed by atoms with Crippen LogP contribution in [0, 0.1) is 0 Å². The molecule has 2 aliphatic rings. The van der Waals surface area contributed by atoms with Crippen molar-refractivity contribution >= 4 is 0 Å². The number of benzene rings is 1. The number of hydrogen-bond acceptors (Lipinski definition) is 4. The maximum atomic E-state index is 5.80. The fraction of sp³-hybridized carbons (Fsp3) is 0.333. The zero-order chi connectivity index (χ0) is 16.1. The lowest BCUT2D eigenvalue weighted by molar-refractivity contribution is 0.254. The van der Waals surface area contributed by atoms with E-state index in [1.54, 1.807) is 0 Å². The van der Waals surface area contributed by atoms with Crippen molar-refractivity contribution in [2.75, 3.05) is 6.54 Å². The smallest absolute Gasteiger partial charge is 0.165 e. The number of hydrogen-bond donors (Lipinski definition) is 1. The number of fused-ring (bicyclic) bond motifs is 2. The highest BCUT2D eigenvalue weighted by molar-refractivity contribution is 5.56. The van der Waals surface area contributed by atoms with Gasteiger partial charge in [0.25, 0.3) is 0 Å². The first-order chi connectivity index (χ1) is 11.8. The standard InChI is InChI=1S/C18H19N5O/c1-12-8-13-9-14(2-3-17(13)24-12)22-6-5-20-18(22)16-10-15-11-19-4-7-23(15)21-16/h2-3,5-6,9-10,12,19H,4,7-8,11H2,1H3/t12-/m1/s1. The topological polar surface area (TPSA) is 56.9 Å². The number of rotatable bonds is 2. The maximum Gasteiger partial charge on any atom is 0.165 e. The van der Waals surface area contributed by atoms with E-state index >= 15 is 0 Å². The van der Waals surface area contributed by atoms with Crippen LogP contribution in [0.15, 0.2) is 36.7 Å². The second kappa shape index (κ2) is 5.21. The fourth-order valence-electron chi connectivity index (χ4n) is 3.56. The Kier molecular flexibility index (Phi) is 2.99. The van der Waals surface area contributed by atoms with Gasteiger partial charge in [0, 0.05) is 37.6 Å². The summed E-state index contributed by atoms with van der Waals surface area (Å²) in [6, 6.07) is 8.46. The highest BCUT2D eigenvalue weighted by Gasteiger charge is 2.21. The lowest BCUT2D eigenvalue weighted by Gasteiger charge is -2.13. The lowest BCUT2D eigenvalue weighted by Crippen LogP contribution is -2.28. The third kappa shape index (κ3) is 2.14. The summed E-state index contributed by atoms with van der Waals surface area (Å²) in [6.07, 6.45) is 5.04. The molecule has 1 aromatic carbocycles. The van der Waals surface area contributed by atoms with Crippen LogP contribution in [0.5, 0.6) is 5.75 Å². The van der Waals surface area contributed by atoms with Gasteiger partial charge in [-0.1, -0.05) is 0 Å². The quantitative estimate of drug-likeness (QED) is 0.786. The van der Waals surface area contributed by atoms with Crippen LogP contribution >= 0.6 is 0 Å². The summed E-state index contributed by atoms with van der Waals surface area (Å²) in [5, 5.41) is 8.11. The Morgan fingerprint density at radius 1 is 1.29 bits per heavy atom. The molecular weight excluding hydrogens is 302 g/mol. The van der Waals surface area contributed by atoms with Crippen molar-refractivity contribution in [3.63, 3.8) is 0 Å². The third-order valence-electron chi connectivity index (χ3n) is 4.70. The number of imidazole rings is 1. The Hall–Kier alpha value is -2.60. The third-order valence-corrected chi connectivity index (χ3v) is 4.70. The molecule has 0 fully saturated rings. The molecule has 6 heteroatoms. The molecule has 122 valence electrons. The van der Waals surface area contributed by atoms with E-state index in [4.69, 9.17) is 9.84 Å². The van der Waals surface area contributed by atoms with Crippen LogP contribution in [-0.2, 0) is 19.5 Å². The monoisotopic (exact) mass is 321 g/mol. The molecule has 0 saturated carbocycles. The molecule has 2 aliphatic heterocycles. The molecule has 0 spiro atoms. The van der Waals surface area contributed by atoms with Crippen molar-refractivity contribution in [3.8, 4) is 23.0 Å². The van der Waals surface area contributed by atoms with Crippen LogP contribution in [0.25, 0.3) is 17.2 Å². The minimum Gasteiger partial charge on any atom is -0.490 e. The van der Waals surface area contributed by atoms with Gasteiger partial charge in [0.15, 0.2) is 5.82 Å². The molecule has 24 heavy (non-hydrogen) atoms. The van der Waals surface area contributed by atoms with E-state index in [1.165, 1.54) is 11.3 Å². The summed E-state index contributed by atoms with van der Waals surface area (Å²) in [6.45, 7) is 4.84. The summed E-state index contributed by atoms with van der Waals surface area (Å²) < 4.78 is 9.98. The summed E-state index contributed by atoms with van der Waals surface area (Å²) >= 11 is 0. The summed E-state index contributed by atoms with van der Waals surface area (Å²) in [5.41, 5.74) is 4.49. The minimum absolute atomic E-state index is 0.255.